The molecule has 0 saturated heterocycles. The maximum absolute atomic E-state index is 5.36. The van der Waals surface area contributed by atoms with Crippen LogP contribution < -0.4 is 4.74 Å². The van der Waals surface area contributed by atoms with Crippen LogP contribution in [0.4, 0.5) is 0 Å². The van der Waals surface area contributed by atoms with Crippen molar-refractivity contribution in [3.63, 3.8) is 0 Å². The second-order valence-corrected chi connectivity index (χ2v) is 5.17. The van der Waals surface area contributed by atoms with E-state index < -0.39 is 0 Å². The molecule has 0 atom stereocenters. The largest absolute Gasteiger partial charge is 0.468 e. The predicted octanol–water partition coefficient (Wildman–Crippen LogP) is 3.79. The van der Waals surface area contributed by atoms with Gasteiger partial charge in [0.05, 0.1) is 16.3 Å². The maximum atomic E-state index is 5.36. The van der Waals surface area contributed by atoms with Gasteiger partial charge in [-0.05, 0) is 41.8 Å². The molecule has 2 heterocycles. The molecule has 3 rings (SSSR count). The SMILES string of the molecule is COCOc1ccc(-c2cc(-c3cccs3)[nH]n2)cc1. The molecule has 1 N–H and O–H groups in total. The van der Waals surface area contributed by atoms with E-state index in [1.807, 2.05) is 30.3 Å². The predicted molar refractivity (Wildman–Crippen MR) is 79.8 cm³/mol. The molecule has 0 aliphatic carbocycles. The molecule has 20 heavy (non-hydrogen) atoms. The third-order valence-corrected chi connectivity index (χ3v) is 3.76. The normalized spacial score (nSPS) is 10.7. The Balaban J connectivity index is 1.79. The van der Waals surface area contributed by atoms with Crippen LogP contribution >= 0.6 is 11.3 Å². The van der Waals surface area contributed by atoms with Crippen LogP contribution in [0.25, 0.3) is 21.8 Å². The quantitative estimate of drug-likeness (QED) is 0.726. The number of thiophene rings is 1. The standard InChI is InChI=1S/C15H14N2O2S/c1-18-10-19-12-6-4-11(5-7-12)13-9-14(17-16-13)15-3-2-8-20-15/h2-9H,10H2,1H3,(H,16,17). The zero-order chi connectivity index (χ0) is 13.8. The number of nitrogens with zero attached hydrogens (tertiary/aromatic N) is 1. The first-order valence-electron chi connectivity index (χ1n) is 6.18. The minimum atomic E-state index is 0.254. The topological polar surface area (TPSA) is 47.1 Å². The molecule has 5 heteroatoms. The third kappa shape index (κ3) is 2.74. The second-order valence-electron chi connectivity index (χ2n) is 4.22. The Morgan fingerprint density at radius 2 is 2.05 bits per heavy atom. The lowest BCUT2D eigenvalue weighted by Gasteiger charge is -2.04. The van der Waals surface area contributed by atoms with E-state index in [4.69, 9.17) is 9.47 Å². The third-order valence-electron chi connectivity index (χ3n) is 2.86. The lowest BCUT2D eigenvalue weighted by atomic mass is 10.1. The minimum absolute atomic E-state index is 0.254. The summed E-state index contributed by atoms with van der Waals surface area (Å²) in [5, 5.41) is 9.47. The number of rotatable bonds is 5. The van der Waals surface area contributed by atoms with Crippen LogP contribution in [0.5, 0.6) is 5.75 Å². The zero-order valence-electron chi connectivity index (χ0n) is 11.0. The Kier molecular flexibility index (Phi) is 3.80. The van der Waals surface area contributed by atoms with Gasteiger partial charge in [-0.2, -0.15) is 5.10 Å². The van der Waals surface area contributed by atoms with Gasteiger partial charge in [-0.1, -0.05) is 6.07 Å². The van der Waals surface area contributed by atoms with Crippen LogP contribution in [0.2, 0.25) is 0 Å². The van der Waals surface area contributed by atoms with Crippen LogP contribution in [0, 0.1) is 0 Å². The molecule has 0 aliphatic heterocycles. The van der Waals surface area contributed by atoms with E-state index in [9.17, 15) is 0 Å². The van der Waals surface area contributed by atoms with Crippen LogP contribution in [0.3, 0.4) is 0 Å². The fraction of sp³-hybridized carbons (Fsp3) is 0.133. The molecule has 4 nitrogen and oxygen atoms in total. The molecule has 2 aromatic heterocycles. The Bertz CT molecular complexity index is 660. The monoisotopic (exact) mass is 286 g/mol. The average molecular weight is 286 g/mol. The van der Waals surface area contributed by atoms with E-state index in [1.165, 1.54) is 4.88 Å². The molecule has 0 aliphatic rings. The van der Waals surface area contributed by atoms with Crippen molar-refractivity contribution >= 4 is 11.3 Å². The van der Waals surface area contributed by atoms with Crippen molar-refractivity contribution in [3.8, 4) is 27.6 Å². The number of aromatic amines is 1. The van der Waals surface area contributed by atoms with Crippen LogP contribution in [0.1, 0.15) is 0 Å². The molecule has 3 aromatic rings. The fourth-order valence-electron chi connectivity index (χ4n) is 1.88. The van der Waals surface area contributed by atoms with Crippen molar-refractivity contribution in [3.05, 3.63) is 47.8 Å². The van der Waals surface area contributed by atoms with Gasteiger partial charge in [0.15, 0.2) is 6.79 Å². The number of hydrogen-bond acceptors (Lipinski definition) is 4. The van der Waals surface area contributed by atoms with E-state index in [0.717, 1.165) is 22.7 Å². The molecule has 0 bridgehead atoms. The van der Waals surface area contributed by atoms with Crippen LogP contribution in [-0.2, 0) is 4.74 Å². The van der Waals surface area contributed by atoms with Gasteiger partial charge in [0, 0.05) is 12.7 Å². The highest BCUT2D eigenvalue weighted by molar-refractivity contribution is 7.13. The number of hydrogen-bond donors (Lipinski definition) is 1. The van der Waals surface area contributed by atoms with E-state index in [0.29, 0.717) is 0 Å². The Labute approximate surface area is 121 Å². The fourth-order valence-corrected chi connectivity index (χ4v) is 2.57. The van der Waals surface area contributed by atoms with Crippen molar-refractivity contribution < 1.29 is 9.47 Å². The molecule has 1 aromatic carbocycles. The van der Waals surface area contributed by atoms with Gasteiger partial charge in [-0.3, -0.25) is 5.10 Å². The Morgan fingerprint density at radius 1 is 1.20 bits per heavy atom. The van der Waals surface area contributed by atoms with E-state index in [1.54, 1.807) is 18.4 Å². The van der Waals surface area contributed by atoms with Gasteiger partial charge in [-0.15, -0.1) is 11.3 Å². The molecule has 0 spiro atoms. The maximum Gasteiger partial charge on any atom is 0.188 e. The second kappa shape index (κ2) is 5.90. The molecule has 0 unspecified atom stereocenters. The van der Waals surface area contributed by atoms with Crippen LogP contribution in [-0.4, -0.2) is 24.1 Å². The Morgan fingerprint density at radius 3 is 2.75 bits per heavy atom. The lowest BCUT2D eigenvalue weighted by Crippen LogP contribution is -1.98. The van der Waals surface area contributed by atoms with Crippen molar-refractivity contribution in [2.45, 2.75) is 0 Å². The van der Waals surface area contributed by atoms with Crippen molar-refractivity contribution in [1.82, 2.24) is 10.2 Å². The summed E-state index contributed by atoms with van der Waals surface area (Å²) in [7, 11) is 1.60. The molecular formula is C15H14N2O2S. The summed E-state index contributed by atoms with van der Waals surface area (Å²) < 4.78 is 10.2. The summed E-state index contributed by atoms with van der Waals surface area (Å²) in [5.41, 5.74) is 3.01. The first kappa shape index (κ1) is 12.9. The minimum Gasteiger partial charge on any atom is -0.468 e. The summed E-state index contributed by atoms with van der Waals surface area (Å²) in [4.78, 5) is 1.18. The summed E-state index contributed by atoms with van der Waals surface area (Å²) in [6.07, 6.45) is 0. The highest BCUT2D eigenvalue weighted by Gasteiger charge is 2.06. The molecule has 0 amide bonds. The highest BCUT2D eigenvalue weighted by Crippen LogP contribution is 2.27. The van der Waals surface area contributed by atoms with E-state index in [-0.39, 0.29) is 6.79 Å². The molecule has 0 fully saturated rings. The van der Waals surface area contributed by atoms with Gasteiger partial charge in [0.25, 0.3) is 0 Å². The smallest absolute Gasteiger partial charge is 0.188 e. The first-order chi connectivity index (χ1) is 9.86. The molecule has 0 saturated carbocycles. The van der Waals surface area contributed by atoms with Crippen molar-refractivity contribution in [1.29, 1.82) is 0 Å². The molecular weight excluding hydrogens is 272 g/mol. The number of ether oxygens (including phenoxy) is 2. The zero-order valence-corrected chi connectivity index (χ0v) is 11.8. The summed E-state index contributed by atoms with van der Waals surface area (Å²) in [6.45, 7) is 0.254. The van der Waals surface area contributed by atoms with Gasteiger partial charge < -0.3 is 9.47 Å². The van der Waals surface area contributed by atoms with Crippen LogP contribution in [0.15, 0.2) is 47.8 Å². The average Bonchev–Trinajstić information content (AvgIpc) is 3.16. The molecule has 102 valence electrons. The lowest BCUT2D eigenvalue weighted by molar-refractivity contribution is 0.0511. The van der Waals surface area contributed by atoms with E-state index >= 15 is 0 Å². The number of nitrogens with one attached hydrogen (secondary N) is 1. The van der Waals surface area contributed by atoms with Gasteiger partial charge in [0.1, 0.15) is 5.75 Å². The first-order valence-corrected chi connectivity index (χ1v) is 7.06. The number of methoxy groups -OCH3 is 1. The van der Waals surface area contributed by atoms with Gasteiger partial charge in [-0.25, -0.2) is 0 Å². The van der Waals surface area contributed by atoms with E-state index in [2.05, 4.69) is 27.7 Å². The number of benzene rings is 1. The molecule has 0 radical (unpaired) electrons. The summed E-state index contributed by atoms with van der Waals surface area (Å²) in [6, 6.07) is 13.9. The number of H-pyrrole nitrogens is 1. The number of aromatic nitrogens is 2. The highest BCUT2D eigenvalue weighted by atomic mass is 32.1. The summed E-state index contributed by atoms with van der Waals surface area (Å²) >= 11 is 1.69. The van der Waals surface area contributed by atoms with Crippen molar-refractivity contribution in [2.75, 3.05) is 13.9 Å². The summed E-state index contributed by atoms with van der Waals surface area (Å²) in [5.74, 6) is 0.782. The van der Waals surface area contributed by atoms with Crippen molar-refractivity contribution in [2.24, 2.45) is 0 Å². The Hall–Kier alpha value is -2.11. The van der Waals surface area contributed by atoms with Gasteiger partial charge >= 0.3 is 0 Å². The van der Waals surface area contributed by atoms with Gasteiger partial charge in [0.2, 0.25) is 0 Å².